The molecule has 1 aliphatic rings. The molecule has 1 atom stereocenters. The molecular weight excluding hydrogens is 234 g/mol. The topological polar surface area (TPSA) is 21.3 Å². The summed E-state index contributed by atoms with van der Waals surface area (Å²) < 4.78 is 5.88. The number of hydrogen-bond acceptors (Lipinski definition) is 2. The monoisotopic (exact) mass is 261 g/mol. The van der Waals surface area contributed by atoms with E-state index in [0.717, 1.165) is 31.2 Å². The van der Waals surface area contributed by atoms with Crippen LogP contribution in [0, 0.1) is 5.92 Å². The second-order valence-corrected chi connectivity index (χ2v) is 5.77. The van der Waals surface area contributed by atoms with Gasteiger partial charge in [-0.1, -0.05) is 31.9 Å². The van der Waals surface area contributed by atoms with Gasteiger partial charge in [0, 0.05) is 6.04 Å². The summed E-state index contributed by atoms with van der Waals surface area (Å²) in [6, 6.07) is 9.15. The number of benzene rings is 1. The molecule has 1 saturated carbocycles. The summed E-state index contributed by atoms with van der Waals surface area (Å²) in [5, 5.41) is 3.44. The molecule has 1 aliphatic carbocycles. The SMILES string of the molecule is CCNC(C)Cc1ccc(OCC2CCCC2)cc1. The number of nitrogens with one attached hydrogen (secondary N) is 1. The van der Waals surface area contributed by atoms with Gasteiger partial charge in [-0.15, -0.1) is 0 Å². The zero-order chi connectivity index (χ0) is 13.5. The Kier molecular flexibility index (Phi) is 5.71. The van der Waals surface area contributed by atoms with E-state index in [0.29, 0.717) is 6.04 Å². The van der Waals surface area contributed by atoms with Crippen molar-refractivity contribution in [1.29, 1.82) is 0 Å². The van der Waals surface area contributed by atoms with Crippen LogP contribution < -0.4 is 10.1 Å². The van der Waals surface area contributed by atoms with E-state index in [9.17, 15) is 0 Å². The normalized spacial score (nSPS) is 17.6. The van der Waals surface area contributed by atoms with Gasteiger partial charge in [-0.05, 0) is 56.3 Å². The fraction of sp³-hybridized carbons (Fsp3) is 0.647. The first kappa shape index (κ1) is 14.4. The largest absolute Gasteiger partial charge is 0.493 e. The van der Waals surface area contributed by atoms with Crippen LogP contribution >= 0.6 is 0 Å². The Hall–Kier alpha value is -1.02. The summed E-state index contributed by atoms with van der Waals surface area (Å²) in [6.07, 6.45) is 6.54. The van der Waals surface area contributed by atoms with Gasteiger partial charge in [-0.2, -0.15) is 0 Å². The van der Waals surface area contributed by atoms with Gasteiger partial charge in [0.05, 0.1) is 6.61 Å². The summed E-state index contributed by atoms with van der Waals surface area (Å²) in [5.74, 6) is 1.81. The molecule has 1 unspecified atom stereocenters. The fourth-order valence-electron chi connectivity index (χ4n) is 2.89. The average molecular weight is 261 g/mol. The van der Waals surface area contributed by atoms with Crippen molar-refractivity contribution < 1.29 is 4.74 Å². The lowest BCUT2D eigenvalue weighted by Crippen LogP contribution is -2.27. The molecule has 0 amide bonds. The van der Waals surface area contributed by atoms with Crippen LogP contribution in [0.3, 0.4) is 0 Å². The van der Waals surface area contributed by atoms with E-state index in [-0.39, 0.29) is 0 Å². The van der Waals surface area contributed by atoms with Gasteiger partial charge in [-0.3, -0.25) is 0 Å². The third kappa shape index (κ3) is 4.87. The molecule has 0 radical (unpaired) electrons. The van der Waals surface area contributed by atoms with Crippen LogP contribution in [0.2, 0.25) is 0 Å². The van der Waals surface area contributed by atoms with Crippen LogP contribution in [0.25, 0.3) is 0 Å². The number of rotatable bonds is 7. The van der Waals surface area contributed by atoms with Gasteiger partial charge in [0.15, 0.2) is 0 Å². The van der Waals surface area contributed by atoms with Crippen LogP contribution in [0.4, 0.5) is 0 Å². The molecule has 0 heterocycles. The molecule has 1 N–H and O–H groups in total. The molecular formula is C17H27NO. The lowest BCUT2D eigenvalue weighted by Gasteiger charge is -2.14. The zero-order valence-electron chi connectivity index (χ0n) is 12.3. The molecule has 1 fully saturated rings. The highest BCUT2D eigenvalue weighted by atomic mass is 16.5. The van der Waals surface area contributed by atoms with Gasteiger partial charge < -0.3 is 10.1 Å². The minimum Gasteiger partial charge on any atom is -0.493 e. The lowest BCUT2D eigenvalue weighted by atomic mass is 10.1. The van der Waals surface area contributed by atoms with E-state index >= 15 is 0 Å². The summed E-state index contributed by atoms with van der Waals surface area (Å²) >= 11 is 0. The van der Waals surface area contributed by atoms with Crippen LogP contribution in [0.15, 0.2) is 24.3 Å². The van der Waals surface area contributed by atoms with Gasteiger partial charge in [0.2, 0.25) is 0 Å². The summed E-state index contributed by atoms with van der Waals surface area (Å²) in [7, 11) is 0. The maximum atomic E-state index is 5.88. The molecule has 0 saturated heterocycles. The predicted octanol–water partition coefficient (Wildman–Crippen LogP) is 3.80. The number of hydrogen-bond donors (Lipinski definition) is 1. The van der Waals surface area contributed by atoms with Gasteiger partial charge in [0.1, 0.15) is 5.75 Å². The van der Waals surface area contributed by atoms with Gasteiger partial charge >= 0.3 is 0 Å². The molecule has 2 heteroatoms. The van der Waals surface area contributed by atoms with Crippen molar-refractivity contribution >= 4 is 0 Å². The molecule has 1 aromatic carbocycles. The van der Waals surface area contributed by atoms with Crippen molar-refractivity contribution in [3.63, 3.8) is 0 Å². The Labute approximate surface area is 117 Å². The van der Waals surface area contributed by atoms with Crippen LogP contribution in [-0.2, 0) is 6.42 Å². The van der Waals surface area contributed by atoms with Crippen LogP contribution in [0.5, 0.6) is 5.75 Å². The predicted molar refractivity (Wildman–Crippen MR) is 80.7 cm³/mol. The summed E-state index contributed by atoms with van der Waals surface area (Å²) in [5.41, 5.74) is 1.38. The van der Waals surface area contributed by atoms with Gasteiger partial charge in [0.25, 0.3) is 0 Å². The molecule has 19 heavy (non-hydrogen) atoms. The quantitative estimate of drug-likeness (QED) is 0.806. The van der Waals surface area contributed by atoms with E-state index in [1.165, 1.54) is 31.2 Å². The third-order valence-corrected chi connectivity index (χ3v) is 3.98. The van der Waals surface area contributed by atoms with E-state index < -0.39 is 0 Å². The Bertz CT molecular complexity index is 354. The van der Waals surface area contributed by atoms with Crippen molar-refractivity contribution in [2.45, 2.75) is 52.0 Å². The molecule has 2 rings (SSSR count). The third-order valence-electron chi connectivity index (χ3n) is 3.98. The van der Waals surface area contributed by atoms with Gasteiger partial charge in [-0.25, -0.2) is 0 Å². The standard InChI is InChI=1S/C17H27NO/c1-3-18-14(2)12-15-8-10-17(11-9-15)19-13-16-6-4-5-7-16/h8-11,14,16,18H,3-7,12-13H2,1-2H3. The molecule has 0 bridgehead atoms. The van der Waals surface area contributed by atoms with E-state index in [1.807, 2.05) is 0 Å². The smallest absolute Gasteiger partial charge is 0.119 e. The first-order chi connectivity index (χ1) is 9.28. The van der Waals surface area contributed by atoms with Crippen LogP contribution in [-0.4, -0.2) is 19.2 Å². The molecule has 2 nitrogen and oxygen atoms in total. The second-order valence-electron chi connectivity index (χ2n) is 5.77. The zero-order valence-corrected chi connectivity index (χ0v) is 12.3. The highest BCUT2D eigenvalue weighted by Gasteiger charge is 2.15. The average Bonchev–Trinajstić information content (AvgIpc) is 2.91. The fourth-order valence-corrected chi connectivity index (χ4v) is 2.89. The highest BCUT2D eigenvalue weighted by Crippen LogP contribution is 2.25. The maximum Gasteiger partial charge on any atom is 0.119 e. The van der Waals surface area contributed by atoms with E-state index in [4.69, 9.17) is 4.74 Å². The molecule has 1 aromatic rings. The Morgan fingerprint density at radius 3 is 2.53 bits per heavy atom. The lowest BCUT2D eigenvalue weighted by molar-refractivity contribution is 0.252. The van der Waals surface area contributed by atoms with E-state index in [1.54, 1.807) is 0 Å². The number of ether oxygens (including phenoxy) is 1. The molecule has 106 valence electrons. The van der Waals surface area contributed by atoms with Crippen molar-refractivity contribution in [2.75, 3.05) is 13.2 Å². The number of likely N-dealkylation sites (N-methyl/N-ethyl adjacent to an activating group) is 1. The molecule has 0 aromatic heterocycles. The minimum absolute atomic E-state index is 0.537. The highest BCUT2D eigenvalue weighted by molar-refractivity contribution is 5.27. The molecule has 0 aliphatic heterocycles. The van der Waals surface area contributed by atoms with Crippen molar-refractivity contribution in [2.24, 2.45) is 5.92 Å². The Morgan fingerprint density at radius 2 is 1.89 bits per heavy atom. The minimum atomic E-state index is 0.537. The Balaban J connectivity index is 1.77. The first-order valence-electron chi connectivity index (χ1n) is 7.73. The summed E-state index contributed by atoms with van der Waals surface area (Å²) in [4.78, 5) is 0. The summed E-state index contributed by atoms with van der Waals surface area (Å²) in [6.45, 7) is 6.31. The first-order valence-corrected chi connectivity index (χ1v) is 7.73. The molecule has 0 spiro atoms. The van der Waals surface area contributed by atoms with Crippen molar-refractivity contribution in [1.82, 2.24) is 5.32 Å². The Morgan fingerprint density at radius 1 is 1.21 bits per heavy atom. The second kappa shape index (κ2) is 7.54. The van der Waals surface area contributed by atoms with E-state index in [2.05, 4.69) is 43.4 Å². The van der Waals surface area contributed by atoms with Crippen LogP contribution in [0.1, 0.15) is 45.1 Å². The van der Waals surface area contributed by atoms with Crippen molar-refractivity contribution in [3.05, 3.63) is 29.8 Å². The van der Waals surface area contributed by atoms with Crippen molar-refractivity contribution in [3.8, 4) is 5.75 Å². The maximum absolute atomic E-state index is 5.88.